The lowest BCUT2D eigenvalue weighted by atomic mass is 9.96. The lowest BCUT2D eigenvalue weighted by Crippen LogP contribution is -2.13. The molecule has 0 fully saturated rings. The van der Waals surface area contributed by atoms with Crippen molar-refractivity contribution in [3.05, 3.63) is 77.5 Å². The van der Waals surface area contributed by atoms with E-state index in [-0.39, 0.29) is 12.2 Å². The van der Waals surface area contributed by atoms with Crippen LogP contribution in [-0.4, -0.2) is 38.1 Å². The zero-order valence-corrected chi connectivity index (χ0v) is 19.9. The largest absolute Gasteiger partial charge is 0.352 e. The van der Waals surface area contributed by atoms with Gasteiger partial charge in [0.05, 0.1) is 23.8 Å². The Kier molecular flexibility index (Phi) is 6.67. The van der Waals surface area contributed by atoms with E-state index >= 15 is 0 Å². The van der Waals surface area contributed by atoms with Gasteiger partial charge in [-0.2, -0.15) is 0 Å². The van der Waals surface area contributed by atoms with E-state index in [1.807, 2.05) is 24.3 Å². The molecule has 7 nitrogen and oxygen atoms in total. The van der Waals surface area contributed by atoms with Crippen molar-refractivity contribution < 1.29 is 8.78 Å². The van der Waals surface area contributed by atoms with Crippen LogP contribution in [0.25, 0.3) is 31.8 Å². The summed E-state index contributed by atoms with van der Waals surface area (Å²) in [6.45, 7) is 0.913. The number of benzene rings is 2. The molecular weight excluding hydrogens is 492 g/mol. The molecule has 3 N–H and O–H groups in total. The zero-order valence-electron chi connectivity index (χ0n) is 18.3. The number of hydrogen-bond acceptors (Lipinski definition) is 7. The molecule has 0 radical (unpaired) electrons. The second kappa shape index (κ2) is 10.0. The summed E-state index contributed by atoms with van der Waals surface area (Å²) in [7, 11) is 0. The van der Waals surface area contributed by atoms with E-state index in [0.717, 1.165) is 21.8 Å². The lowest BCUT2D eigenvalue weighted by Gasteiger charge is -2.14. The van der Waals surface area contributed by atoms with Gasteiger partial charge in [-0.1, -0.05) is 41.1 Å². The molecule has 35 heavy (non-hydrogen) atoms. The first kappa shape index (κ1) is 23.3. The molecule has 0 saturated heterocycles. The highest BCUT2D eigenvalue weighted by atomic mass is 35.5. The highest BCUT2D eigenvalue weighted by Gasteiger charge is 2.19. The average molecular weight is 512 g/mol. The molecule has 0 aliphatic carbocycles. The average Bonchev–Trinajstić information content (AvgIpc) is 3.54. The third kappa shape index (κ3) is 4.86. The molecule has 5 aromatic rings. The summed E-state index contributed by atoms with van der Waals surface area (Å²) in [5.74, 6) is -0.227. The first-order valence-corrected chi connectivity index (χ1v) is 12.0. The molecule has 178 valence electrons. The SMILES string of the molecule is NCC(F)c1ccc(Cl)cc1-c1cccc2cc(-c3nc(NCCn4ccnn4)ncc3F)sc12. The van der Waals surface area contributed by atoms with Gasteiger partial charge in [0.15, 0.2) is 5.82 Å². The molecule has 3 heterocycles. The van der Waals surface area contributed by atoms with Crippen molar-refractivity contribution in [2.75, 3.05) is 18.4 Å². The van der Waals surface area contributed by atoms with E-state index in [1.165, 1.54) is 11.3 Å². The number of halogens is 3. The molecule has 5 rings (SSSR count). The van der Waals surface area contributed by atoms with Gasteiger partial charge in [-0.25, -0.2) is 18.7 Å². The van der Waals surface area contributed by atoms with Crippen LogP contribution in [0.3, 0.4) is 0 Å². The Hall–Kier alpha value is -3.47. The maximum absolute atomic E-state index is 14.8. The van der Waals surface area contributed by atoms with Gasteiger partial charge in [-0.05, 0) is 40.3 Å². The van der Waals surface area contributed by atoms with Crippen LogP contribution in [0.1, 0.15) is 11.7 Å². The third-order valence-corrected chi connectivity index (χ3v) is 6.89. The number of nitrogens with one attached hydrogen (secondary N) is 1. The van der Waals surface area contributed by atoms with E-state index in [4.69, 9.17) is 17.3 Å². The van der Waals surface area contributed by atoms with Gasteiger partial charge >= 0.3 is 0 Å². The second-order valence-electron chi connectivity index (χ2n) is 7.75. The van der Waals surface area contributed by atoms with Gasteiger partial charge in [-0.15, -0.1) is 16.4 Å². The van der Waals surface area contributed by atoms with E-state index in [0.29, 0.717) is 40.1 Å². The van der Waals surface area contributed by atoms with Crippen LogP contribution in [-0.2, 0) is 6.54 Å². The highest BCUT2D eigenvalue weighted by Crippen LogP contribution is 2.42. The number of nitrogens with zero attached hydrogens (tertiary/aromatic N) is 5. The van der Waals surface area contributed by atoms with Crippen LogP contribution in [0.4, 0.5) is 14.7 Å². The van der Waals surface area contributed by atoms with Crippen molar-refractivity contribution >= 4 is 39.0 Å². The van der Waals surface area contributed by atoms with Crippen molar-refractivity contribution in [3.8, 4) is 21.7 Å². The molecule has 1 atom stereocenters. The van der Waals surface area contributed by atoms with Crippen LogP contribution in [0, 0.1) is 5.82 Å². The molecule has 3 aromatic heterocycles. The van der Waals surface area contributed by atoms with Gasteiger partial charge in [0, 0.05) is 29.0 Å². The molecule has 0 aliphatic rings. The molecule has 2 aromatic carbocycles. The molecule has 1 unspecified atom stereocenters. The molecule has 0 spiro atoms. The van der Waals surface area contributed by atoms with Gasteiger partial charge < -0.3 is 11.1 Å². The predicted molar refractivity (Wildman–Crippen MR) is 135 cm³/mol. The number of alkyl halides is 1. The summed E-state index contributed by atoms with van der Waals surface area (Å²) in [4.78, 5) is 9.08. The number of thiophene rings is 1. The second-order valence-corrected chi connectivity index (χ2v) is 9.24. The Bertz CT molecular complexity index is 1470. The summed E-state index contributed by atoms with van der Waals surface area (Å²) in [6.07, 6.45) is 3.16. The predicted octanol–water partition coefficient (Wildman–Crippen LogP) is 5.49. The molecular formula is C24H20ClF2N7S. The van der Waals surface area contributed by atoms with Crippen molar-refractivity contribution in [1.82, 2.24) is 25.0 Å². The molecule has 11 heteroatoms. The molecule has 0 bridgehead atoms. The fourth-order valence-corrected chi connectivity index (χ4v) is 5.16. The minimum atomic E-state index is -1.33. The topological polar surface area (TPSA) is 94.5 Å². The smallest absolute Gasteiger partial charge is 0.223 e. The van der Waals surface area contributed by atoms with Crippen LogP contribution < -0.4 is 11.1 Å². The Morgan fingerprint density at radius 3 is 2.86 bits per heavy atom. The Morgan fingerprint density at radius 2 is 2.06 bits per heavy atom. The van der Waals surface area contributed by atoms with Crippen molar-refractivity contribution in [2.24, 2.45) is 5.73 Å². The van der Waals surface area contributed by atoms with Gasteiger partial charge in [0.25, 0.3) is 0 Å². The standard InChI is InChI=1S/C24H20ClF2N7S/c25-15-4-5-16(19(26)12-28)18(11-15)17-3-1-2-14-10-21(35-23(14)17)22-20(27)13-30-24(32-22)29-6-8-34-9-7-31-33-34/h1-5,7,9-11,13,19H,6,8,12,28H2,(H,29,30,32). The third-order valence-electron chi connectivity index (χ3n) is 5.47. The minimum absolute atomic E-state index is 0.140. The summed E-state index contributed by atoms with van der Waals surface area (Å²) < 4.78 is 32.0. The maximum Gasteiger partial charge on any atom is 0.223 e. The fourth-order valence-electron chi connectivity index (χ4n) is 3.81. The summed E-state index contributed by atoms with van der Waals surface area (Å²) in [5.41, 5.74) is 7.71. The van der Waals surface area contributed by atoms with E-state index in [1.54, 1.807) is 35.3 Å². The normalized spacial score (nSPS) is 12.2. The monoisotopic (exact) mass is 511 g/mol. The molecule has 0 saturated carbocycles. The van der Waals surface area contributed by atoms with Crippen LogP contribution >= 0.6 is 22.9 Å². The van der Waals surface area contributed by atoms with Crippen molar-refractivity contribution in [3.63, 3.8) is 0 Å². The van der Waals surface area contributed by atoms with Crippen LogP contribution in [0.2, 0.25) is 5.02 Å². The number of rotatable bonds is 8. The number of aromatic nitrogens is 5. The number of fused-ring (bicyclic) bond motifs is 1. The van der Waals surface area contributed by atoms with Crippen LogP contribution in [0.15, 0.2) is 61.1 Å². The molecule has 0 aliphatic heterocycles. The summed E-state index contributed by atoms with van der Waals surface area (Å²) in [5, 5.41) is 12.1. The van der Waals surface area contributed by atoms with Gasteiger partial charge in [0.2, 0.25) is 5.95 Å². The Labute approximate surface area is 208 Å². The van der Waals surface area contributed by atoms with E-state index < -0.39 is 12.0 Å². The van der Waals surface area contributed by atoms with E-state index in [2.05, 4.69) is 25.6 Å². The van der Waals surface area contributed by atoms with E-state index in [9.17, 15) is 8.78 Å². The Morgan fingerprint density at radius 1 is 1.17 bits per heavy atom. The lowest BCUT2D eigenvalue weighted by molar-refractivity contribution is 0.354. The van der Waals surface area contributed by atoms with Gasteiger partial charge in [0.1, 0.15) is 11.9 Å². The quantitative estimate of drug-likeness (QED) is 0.286. The number of nitrogens with two attached hydrogens (primary N) is 1. The van der Waals surface area contributed by atoms with Crippen molar-refractivity contribution in [1.29, 1.82) is 0 Å². The first-order chi connectivity index (χ1) is 17.0. The zero-order chi connectivity index (χ0) is 24.4. The summed E-state index contributed by atoms with van der Waals surface area (Å²) >= 11 is 7.62. The van der Waals surface area contributed by atoms with Crippen LogP contribution in [0.5, 0.6) is 0 Å². The molecule has 0 amide bonds. The minimum Gasteiger partial charge on any atom is -0.352 e. The highest BCUT2D eigenvalue weighted by molar-refractivity contribution is 7.22. The van der Waals surface area contributed by atoms with Crippen molar-refractivity contribution in [2.45, 2.75) is 12.7 Å². The maximum atomic E-state index is 14.8. The van der Waals surface area contributed by atoms with Gasteiger partial charge in [-0.3, -0.25) is 4.68 Å². The Balaban J connectivity index is 1.51. The first-order valence-electron chi connectivity index (χ1n) is 10.8. The fraction of sp³-hybridized carbons (Fsp3) is 0.167. The summed E-state index contributed by atoms with van der Waals surface area (Å²) in [6, 6.07) is 12.6. The number of anilines is 1. The number of hydrogen-bond donors (Lipinski definition) is 2.